The van der Waals surface area contributed by atoms with Gasteiger partial charge in [-0.1, -0.05) is 28.1 Å². The zero-order valence-corrected chi connectivity index (χ0v) is 12.1. The number of nitrogens with zero attached hydrogens (tertiary/aromatic N) is 2. The summed E-state index contributed by atoms with van der Waals surface area (Å²) in [5.41, 5.74) is 2.90. The predicted octanol–water partition coefficient (Wildman–Crippen LogP) is 2.44. The van der Waals surface area contributed by atoms with Crippen LogP contribution in [0.2, 0.25) is 0 Å². The normalized spacial score (nSPS) is 17.6. The van der Waals surface area contributed by atoms with Crippen molar-refractivity contribution in [1.29, 1.82) is 0 Å². The van der Waals surface area contributed by atoms with Crippen LogP contribution in [-0.4, -0.2) is 27.5 Å². The second-order valence-corrected chi connectivity index (χ2v) is 5.65. The molecule has 98 valence electrons. The van der Waals surface area contributed by atoms with Crippen molar-refractivity contribution in [3.63, 3.8) is 0 Å². The number of Topliss-reactive ketones (excluding diaryl/α,β-unsaturated/α-hetero) is 1. The molecule has 0 amide bonds. The predicted molar refractivity (Wildman–Crippen MR) is 75.1 cm³/mol. The largest absolute Gasteiger partial charge is 0.497 e. The van der Waals surface area contributed by atoms with Crippen molar-refractivity contribution in [3.05, 3.63) is 47.3 Å². The number of hydrogen-bond acceptors (Lipinski definition) is 3. The summed E-state index contributed by atoms with van der Waals surface area (Å²) in [4.78, 5) is 11.7. The van der Waals surface area contributed by atoms with Gasteiger partial charge in [-0.25, -0.2) is 0 Å². The van der Waals surface area contributed by atoms with Crippen LogP contribution in [0, 0.1) is 0 Å². The number of aromatic nitrogens is 2. The Hall–Kier alpha value is -1.62. The number of rotatable bonds is 3. The molecule has 2 aromatic rings. The smallest absolute Gasteiger partial charge is 0.180 e. The number of methoxy groups -OCH3 is 1. The Morgan fingerprint density at radius 2 is 2.16 bits per heavy atom. The molecule has 0 bridgehead atoms. The van der Waals surface area contributed by atoms with E-state index in [9.17, 15) is 4.79 Å². The van der Waals surface area contributed by atoms with Crippen LogP contribution in [0.5, 0.6) is 5.75 Å². The van der Waals surface area contributed by atoms with Crippen LogP contribution in [-0.2, 0) is 13.0 Å². The highest BCUT2D eigenvalue weighted by Gasteiger charge is 2.31. The Morgan fingerprint density at radius 3 is 2.84 bits per heavy atom. The van der Waals surface area contributed by atoms with Crippen molar-refractivity contribution in [1.82, 2.24) is 9.78 Å². The summed E-state index contributed by atoms with van der Waals surface area (Å²) in [5.74, 6) is 0.973. The zero-order chi connectivity index (χ0) is 13.4. The van der Waals surface area contributed by atoms with Crippen molar-refractivity contribution in [2.24, 2.45) is 0 Å². The summed E-state index contributed by atoms with van der Waals surface area (Å²) in [6.07, 6.45) is 2.38. The number of ether oxygens (including phenoxy) is 1. The fraction of sp³-hybridized carbons (Fsp3) is 0.286. The van der Waals surface area contributed by atoms with Gasteiger partial charge in [0.2, 0.25) is 0 Å². The molecular weight excluding hydrogens is 308 g/mol. The highest BCUT2D eigenvalue weighted by atomic mass is 79.9. The second kappa shape index (κ2) is 4.81. The van der Waals surface area contributed by atoms with E-state index in [1.165, 1.54) is 0 Å². The molecule has 0 saturated carbocycles. The van der Waals surface area contributed by atoms with Gasteiger partial charge in [0.1, 0.15) is 5.75 Å². The fourth-order valence-electron chi connectivity index (χ4n) is 2.30. The molecule has 0 fully saturated rings. The molecular formula is C14H13BrN2O2. The van der Waals surface area contributed by atoms with Crippen LogP contribution < -0.4 is 4.74 Å². The zero-order valence-electron chi connectivity index (χ0n) is 10.5. The second-order valence-electron chi connectivity index (χ2n) is 4.55. The van der Waals surface area contributed by atoms with Crippen LogP contribution in [0.15, 0.2) is 30.5 Å². The maximum atomic E-state index is 11.8. The van der Waals surface area contributed by atoms with Crippen LogP contribution in [0.4, 0.5) is 0 Å². The maximum absolute atomic E-state index is 11.8. The number of halogens is 1. The van der Waals surface area contributed by atoms with Crippen molar-refractivity contribution >= 4 is 21.7 Å². The third-order valence-electron chi connectivity index (χ3n) is 3.36. The lowest BCUT2D eigenvalue weighted by Crippen LogP contribution is -2.09. The molecule has 0 radical (unpaired) electrons. The summed E-state index contributed by atoms with van der Waals surface area (Å²) in [5, 5.41) is 4.30. The summed E-state index contributed by atoms with van der Waals surface area (Å²) in [6, 6.07) is 7.87. The first-order valence-corrected chi connectivity index (χ1v) is 6.96. The van der Waals surface area contributed by atoms with Crippen LogP contribution in [0.1, 0.15) is 21.6 Å². The number of ketones is 1. The van der Waals surface area contributed by atoms with Gasteiger partial charge in [-0.2, -0.15) is 5.10 Å². The van der Waals surface area contributed by atoms with Crippen molar-refractivity contribution in [2.75, 3.05) is 7.11 Å². The number of hydrogen-bond donors (Lipinski definition) is 0. The molecule has 0 saturated heterocycles. The first-order valence-electron chi connectivity index (χ1n) is 6.05. The van der Waals surface area contributed by atoms with E-state index in [0.717, 1.165) is 22.6 Å². The van der Waals surface area contributed by atoms with E-state index in [1.54, 1.807) is 13.3 Å². The highest BCUT2D eigenvalue weighted by Crippen LogP contribution is 2.27. The quantitative estimate of drug-likeness (QED) is 0.816. The molecule has 1 atom stereocenters. The fourth-order valence-corrected chi connectivity index (χ4v) is 2.86. The van der Waals surface area contributed by atoms with Gasteiger partial charge in [0, 0.05) is 6.42 Å². The average Bonchev–Trinajstić information content (AvgIpc) is 2.93. The third kappa shape index (κ3) is 2.18. The lowest BCUT2D eigenvalue weighted by molar-refractivity contribution is 0.100. The third-order valence-corrected chi connectivity index (χ3v) is 4.10. The standard InChI is InChI=1S/C14H13BrN2O2/c1-19-10-4-2-9(3-5-10)8-17-13-6-12(15)14(18)11(13)7-16-17/h2-5,7,12H,6,8H2,1H3. The van der Waals surface area contributed by atoms with E-state index in [2.05, 4.69) is 21.0 Å². The van der Waals surface area contributed by atoms with E-state index in [1.807, 2.05) is 28.9 Å². The molecule has 1 aromatic carbocycles. The number of alkyl halides is 1. The summed E-state index contributed by atoms with van der Waals surface area (Å²) in [6.45, 7) is 0.673. The molecule has 4 nitrogen and oxygen atoms in total. The molecule has 1 aliphatic rings. The Bertz CT molecular complexity index is 619. The summed E-state index contributed by atoms with van der Waals surface area (Å²) >= 11 is 3.39. The lowest BCUT2D eigenvalue weighted by atomic mass is 10.2. The number of benzene rings is 1. The number of fused-ring (bicyclic) bond motifs is 1. The first-order chi connectivity index (χ1) is 9.19. The number of carbonyl (C=O) groups is 1. The summed E-state index contributed by atoms with van der Waals surface area (Å²) in [7, 11) is 1.65. The molecule has 1 unspecified atom stereocenters. The van der Waals surface area contributed by atoms with Crippen LogP contribution in [0.25, 0.3) is 0 Å². The Balaban J connectivity index is 1.85. The topological polar surface area (TPSA) is 44.1 Å². The SMILES string of the molecule is COc1ccc(Cn2ncc3c2CC(Br)C3=O)cc1. The minimum Gasteiger partial charge on any atom is -0.497 e. The van der Waals surface area contributed by atoms with Crippen molar-refractivity contribution < 1.29 is 9.53 Å². The van der Waals surface area contributed by atoms with Gasteiger partial charge in [-0.05, 0) is 17.7 Å². The van der Waals surface area contributed by atoms with Crippen LogP contribution in [0.3, 0.4) is 0 Å². The lowest BCUT2D eigenvalue weighted by Gasteiger charge is -2.07. The van der Waals surface area contributed by atoms with E-state index >= 15 is 0 Å². The molecule has 0 N–H and O–H groups in total. The summed E-state index contributed by atoms with van der Waals surface area (Å²) < 4.78 is 7.03. The van der Waals surface area contributed by atoms with Crippen LogP contribution >= 0.6 is 15.9 Å². The van der Waals surface area contributed by atoms with Gasteiger partial charge in [0.15, 0.2) is 5.78 Å². The molecule has 5 heteroatoms. The molecule has 19 heavy (non-hydrogen) atoms. The minimum atomic E-state index is -0.0948. The molecule has 1 aliphatic carbocycles. The van der Waals surface area contributed by atoms with Crippen molar-refractivity contribution in [2.45, 2.75) is 17.8 Å². The minimum absolute atomic E-state index is 0.0948. The molecule has 1 heterocycles. The van der Waals surface area contributed by atoms with Gasteiger partial charge in [-0.15, -0.1) is 0 Å². The van der Waals surface area contributed by atoms with Crippen molar-refractivity contribution in [3.8, 4) is 5.75 Å². The molecule has 0 aliphatic heterocycles. The van der Waals surface area contributed by atoms with E-state index in [0.29, 0.717) is 13.0 Å². The molecule has 0 spiro atoms. The Kier molecular flexibility index (Phi) is 3.14. The van der Waals surface area contributed by atoms with Gasteiger partial charge in [0.05, 0.1) is 35.9 Å². The monoisotopic (exact) mass is 320 g/mol. The van der Waals surface area contributed by atoms with Gasteiger partial charge >= 0.3 is 0 Å². The molecule has 1 aromatic heterocycles. The number of carbonyl (C=O) groups excluding carboxylic acids is 1. The van der Waals surface area contributed by atoms with E-state index in [4.69, 9.17) is 4.74 Å². The van der Waals surface area contributed by atoms with Gasteiger partial charge in [0.25, 0.3) is 0 Å². The van der Waals surface area contributed by atoms with Gasteiger partial charge in [-0.3, -0.25) is 9.48 Å². The van der Waals surface area contributed by atoms with Gasteiger partial charge < -0.3 is 4.74 Å². The molecule has 3 rings (SSSR count). The average molecular weight is 321 g/mol. The van der Waals surface area contributed by atoms with E-state index < -0.39 is 0 Å². The Labute approximate surface area is 119 Å². The highest BCUT2D eigenvalue weighted by molar-refractivity contribution is 9.10. The Morgan fingerprint density at radius 1 is 1.42 bits per heavy atom. The first kappa shape index (κ1) is 12.4. The van der Waals surface area contributed by atoms with E-state index in [-0.39, 0.29) is 10.6 Å². The maximum Gasteiger partial charge on any atom is 0.180 e.